The van der Waals surface area contributed by atoms with E-state index in [0.29, 0.717) is 0 Å². The lowest BCUT2D eigenvalue weighted by molar-refractivity contribution is 0.641. The van der Waals surface area contributed by atoms with E-state index in [4.69, 9.17) is 0 Å². The van der Waals surface area contributed by atoms with Crippen molar-refractivity contribution >= 4 is 38.7 Å². The number of rotatable bonds is 2. The molecule has 0 unspecified atom stereocenters. The van der Waals surface area contributed by atoms with Crippen LogP contribution in [0.5, 0.6) is 0 Å². The van der Waals surface area contributed by atoms with Gasteiger partial charge in [0, 0.05) is 39.4 Å². The van der Waals surface area contributed by atoms with E-state index in [1.54, 1.807) is 12.7 Å². The van der Waals surface area contributed by atoms with Gasteiger partial charge in [-0.25, -0.2) is 19.9 Å². The molecule has 0 spiro atoms. The molecule has 7 nitrogen and oxygen atoms in total. The molecule has 4 heterocycles. The molecule has 118 valence electrons. The fourth-order valence-corrected chi connectivity index (χ4v) is 3.45. The second-order valence-corrected chi connectivity index (χ2v) is 6.36. The van der Waals surface area contributed by atoms with Crippen molar-refractivity contribution in [3.05, 3.63) is 35.5 Å². The summed E-state index contributed by atoms with van der Waals surface area (Å²) in [4.78, 5) is 22.1. The van der Waals surface area contributed by atoms with Gasteiger partial charge in [-0.1, -0.05) is 0 Å². The largest absolute Gasteiger partial charge is 0.352 e. The van der Waals surface area contributed by atoms with Crippen molar-refractivity contribution in [3.8, 4) is 0 Å². The van der Waals surface area contributed by atoms with Crippen molar-refractivity contribution < 1.29 is 0 Å². The maximum absolute atomic E-state index is 4.49. The number of aromatic nitrogens is 5. The standard InChI is InChI=1S/C15H16BrN7/c1-21-10-20-13-12(21)15(19-9-18-13)23-7-5-22(6-8-23)14-11(16)3-2-4-17-14/h2-4,9-10H,5-8H2,1H3. The highest BCUT2D eigenvalue weighted by Crippen LogP contribution is 2.26. The minimum Gasteiger partial charge on any atom is -0.352 e. The first-order chi connectivity index (χ1) is 11.2. The Morgan fingerprint density at radius 2 is 1.70 bits per heavy atom. The first-order valence-electron chi connectivity index (χ1n) is 7.46. The number of anilines is 2. The van der Waals surface area contributed by atoms with Gasteiger partial charge in [-0.3, -0.25) is 0 Å². The summed E-state index contributed by atoms with van der Waals surface area (Å²) in [5, 5.41) is 0. The van der Waals surface area contributed by atoms with Crippen molar-refractivity contribution in [2.45, 2.75) is 0 Å². The number of piperazine rings is 1. The molecule has 1 aliphatic heterocycles. The van der Waals surface area contributed by atoms with E-state index in [1.165, 1.54) is 0 Å². The van der Waals surface area contributed by atoms with E-state index in [0.717, 1.165) is 53.5 Å². The summed E-state index contributed by atoms with van der Waals surface area (Å²) in [5.74, 6) is 1.95. The first kappa shape index (κ1) is 14.4. The summed E-state index contributed by atoms with van der Waals surface area (Å²) < 4.78 is 3.01. The summed E-state index contributed by atoms with van der Waals surface area (Å²) in [6, 6.07) is 3.96. The van der Waals surface area contributed by atoms with Crippen LogP contribution in [-0.2, 0) is 7.05 Å². The topological polar surface area (TPSA) is 63.0 Å². The van der Waals surface area contributed by atoms with Crippen LogP contribution in [-0.4, -0.2) is 50.7 Å². The van der Waals surface area contributed by atoms with Gasteiger partial charge in [0.1, 0.15) is 17.7 Å². The third-order valence-corrected chi connectivity index (χ3v) is 4.73. The van der Waals surface area contributed by atoms with Gasteiger partial charge in [-0.15, -0.1) is 0 Å². The minimum atomic E-state index is 0.743. The molecule has 1 aliphatic rings. The Bertz CT molecular complexity index is 839. The third-order valence-electron chi connectivity index (χ3n) is 4.11. The van der Waals surface area contributed by atoms with Crippen molar-refractivity contribution in [1.82, 2.24) is 24.5 Å². The van der Waals surface area contributed by atoms with Crippen LogP contribution in [0.3, 0.4) is 0 Å². The van der Waals surface area contributed by atoms with Crippen LogP contribution in [0.4, 0.5) is 11.6 Å². The summed E-state index contributed by atoms with van der Waals surface area (Å²) in [7, 11) is 1.98. The quantitative estimate of drug-likeness (QED) is 0.682. The Kier molecular flexibility index (Phi) is 3.60. The number of aryl methyl sites for hydroxylation is 1. The Morgan fingerprint density at radius 1 is 0.957 bits per heavy atom. The number of nitrogens with zero attached hydrogens (tertiary/aromatic N) is 7. The fourth-order valence-electron chi connectivity index (χ4n) is 2.94. The summed E-state index contributed by atoms with van der Waals surface area (Å²) in [6.45, 7) is 3.58. The van der Waals surface area contributed by atoms with Gasteiger partial charge >= 0.3 is 0 Å². The lowest BCUT2D eigenvalue weighted by Crippen LogP contribution is -2.47. The van der Waals surface area contributed by atoms with Crippen LogP contribution in [0.15, 0.2) is 35.5 Å². The molecule has 0 N–H and O–H groups in total. The van der Waals surface area contributed by atoms with Gasteiger partial charge in [0.05, 0.1) is 10.8 Å². The van der Waals surface area contributed by atoms with E-state index in [-0.39, 0.29) is 0 Å². The predicted molar refractivity (Wildman–Crippen MR) is 92.7 cm³/mol. The minimum absolute atomic E-state index is 0.743. The van der Waals surface area contributed by atoms with Crippen molar-refractivity contribution in [3.63, 3.8) is 0 Å². The molecule has 4 rings (SSSR count). The maximum Gasteiger partial charge on any atom is 0.182 e. The van der Waals surface area contributed by atoms with E-state index in [1.807, 2.05) is 29.9 Å². The van der Waals surface area contributed by atoms with E-state index in [2.05, 4.69) is 45.7 Å². The maximum atomic E-state index is 4.49. The summed E-state index contributed by atoms with van der Waals surface area (Å²) >= 11 is 3.58. The molecule has 0 amide bonds. The Morgan fingerprint density at radius 3 is 2.43 bits per heavy atom. The smallest absolute Gasteiger partial charge is 0.182 e. The van der Waals surface area contributed by atoms with Crippen molar-refractivity contribution in [2.24, 2.45) is 7.05 Å². The molecule has 3 aromatic heterocycles. The average molecular weight is 374 g/mol. The number of hydrogen-bond donors (Lipinski definition) is 0. The highest BCUT2D eigenvalue weighted by Gasteiger charge is 2.23. The van der Waals surface area contributed by atoms with Gasteiger partial charge in [0.15, 0.2) is 11.5 Å². The van der Waals surface area contributed by atoms with Gasteiger partial charge < -0.3 is 14.4 Å². The molecule has 0 bridgehead atoms. The fraction of sp³-hybridized carbons (Fsp3) is 0.333. The number of hydrogen-bond acceptors (Lipinski definition) is 6. The molecule has 8 heteroatoms. The Hall–Kier alpha value is -2.22. The molecular formula is C15H16BrN7. The second kappa shape index (κ2) is 5.77. The number of pyridine rings is 1. The number of imidazole rings is 1. The van der Waals surface area contributed by atoms with E-state index in [9.17, 15) is 0 Å². The first-order valence-corrected chi connectivity index (χ1v) is 8.26. The molecule has 0 aromatic carbocycles. The molecule has 0 saturated carbocycles. The van der Waals surface area contributed by atoms with Crippen LogP contribution in [0.1, 0.15) is 0 Å². The predicted octanol–water partition coefficient (Wildman–Crippen LogP) is 1.85. The summed E-state index contributed by atoms with van der Waals surface area (Å²) in [5.41, 5.74) is 1.73. The van der Waals surface area contributed by atoms with Crippen LogP contribution in [0.2, 0.25) is 0 Å². The highest BCUT2D eigenvalue weighted by molar-refractivity contribution is 9.10. The molecular weight excluding hydrogens is 358 g/mol. The van der Waals surface area contributed by atoms with E-state index >= 15 is 0 Å². The third kappa shape index (κ3) is 2.52. The Labute approximate surface area is 142 Å². The van der Waals surface area contributed by atoms with Gasteiger partial charge in [0.25, 0.3) is 0 Å². The van der Waals surface area contributed by atoms with Gasteiger partial charge in [-0.05, 0) is 28.1 Å². The lowest BCUT2D eigenvalue weighted by atomic mass is 10.3. The van der Waals surface area contributed by atoms with Crippen molar-refractivity contribution in [2.75, 3.05) is 36.0 Å². The second-order valence-electron chi connectivity index (χ2n) is 5.51. The zero-order valence-corrected chi connectivity index (χ0v) is 14.3. The van der Waals surface area contributed by atoms with Gasteiger partial charge in [-0.2, -0.15) is 0 Å². The SMILES string of the molecule is Cn1cnc2ncnc(N3CCN(c4ncccc4Br)CC3)c21. The molecule has 3 aromatic rings. The van der Waals surface area contributed by atoms with Crippen LogP contribution < -0.4 is 9.80 Å². The summed E-state index contributed by atoms with van der Waals surface area (Å²) in [6.07, 6.45) is 5.20. The monoisotopic (exact) mass is 373 g/mol. The van der Waals surface area contributed by atoms with E-state index < -0.39 is 0 Å². The van der Waals surface area contributed by atoms with Crippen molar-refractivity contribution in [1.29, 1.82) is 0 Å². The lowest BCUT2D eigenvalue weighted by Gasteiger charge is -2.36. The van der Waals surface area contributed by atoms with Crippen LogP contribution >= 0.6 is 15.9 Å². The zero-order valence-electron chi connectivity index (χ0n) is 12.7. The molecule has 0 atom stereocenters. The van der Waals surface area contributed by atoms with Crippen LogP contribution in [0.25, 0.3) is 11.2 Å². The number of halogens is 1. The molecule has 1 saturated heterocycles. The number of fused-ring (bicyclic) bond motifs is 1. The molecule has 1 fully saturated rings. The molecule has 0 aliphatic carbocycles. The average Bonchev–Trinajstić information content (AvgIpc) is 2.97. The van der Waals surface area contributed by atoms with Gasteiger partial charge in [0.2, 0.25) is 0 Å². The normalized spacial score (nSPS) is 15.4. The highest BCUT2D eigenvalue weighted by atomic mass is 79.9. The molecule has 0 radical (unpaired) electrons. The zero-order chi connectivity index (χ0) is 15.8. The van der Waals surface area contributed by atoms with Crippen LogP contribution in [0, 0.1) is 0 Å². The molecule has 23 heavy (non-hydrogen) atoms. The Balaban J connectivity index is 1.58.